The minimum absolute atomic E-state index is 0.216. The Kier molecular flexibility index (Phi) is 4.19. The van der Waals surface area contributed by atoms with Gasteiger partial charge < -0.3 is 14.9 Å². The van der Waals surface area contributed by atoms with Crippen molar-refractivity contribution in [3.63, 3.8) is 0 Å². The minimum Gasteiger partial charge on any atom is -0.508 e. The molecule has 4 rings (SSSR count). The van der Waals surface area contributed by atoms with Gasteiger partial charge in [-0.05, 0) is 66.5 Å². The number of phenols is 1. The molecule has 0 bridgehead atoms. The molecule has 0 unspecified atom stereocenters. The van der Waals surface area contributed by atoms with Gasteiger partial charge in [0, 0.05) is 31.9 Å². The third kappa shape index (κ3) is 2.88. The highest BCUT2D eigenvalue weighted by molar-refractivity contribution is 7.12. The van der Waals surface area contributed by atoms with Crippen LogP contribution in [0.4, 0.5) is 5.69 Å². The normalized spacial score (nSPS) is 17.7. The molecule has 4 nitrogen and oxygen atoms in total. The zero-order valence-electron chi connectivity index (χ0n) is 13.7. The first kappa shape index (κ1) is 15.5. The van der Waals surface area contributed by atoms with Gasteiger partial charge in [0.25, 0.3) is 5.91 Å². The molecule has 24 heavy (non-hydrogen) atoms. The number of carbonyl (C=O) groups excluding carboxylic acids is 1. The summed E-state index contributed by atoms with van der Waals surface area (Å²) in [5, 5.41) is 11.6. The van der Waals surface area contributed by atoms with Gasteiger partial charge in [-0.15, -0.1) is 11.3 Å². The molecule has 1 saturated heterocycles. The number of rotatable bonds is 2. The fourth-order valence-corrected chi connectivity index (χ4v) is 4.80. The Morgan fingerprint density at radius 3 is 2.46 bits per heavy atom. The van der Waals surface area contributed by atoms with Crippen molar-refractivity contribution >= 4 is 22.9 Å². The Labute approximate surface area is 146 Å². The van der Waals surface area contributed by atoms with Crippen molar-refractivity contribution in [2.24, 2.45) is 0 Å². The van der Waals surface area contributed by atoms with Crippen LogP contribution >= 0.6 is 11.3 Å². The smallest absolute Gasteiger partial charge is 0.264 e. The van der Waals surface area contributed by atoms with Gasteiger partial charge in [-0.2, -0.15) is 0 Å². The number of hydrogen-bond donors (Lipinski definition) is 1. The van der Waals surface area contributed by atoms with Crippen LogP contribution in [0.2, 0.25) is 0 Å². The first-order chi connectivity index (χ1) is 11.7. The number of benzene rings is 1. The number of aryl methyl sites for hydroxylation is 1. The van der Waals surface area contributed by atoms with Gasteiger partial charge in [0.15, 0.2) is 0 Å². The predicted molar refractivity (Wildman–Crippen MR) is 97.2 cm³/mol. The van der Waals surface area contributed by atoms with Crippen LogP contribution in [0.25, 0.3) is 0 Å². The second-order valence-corrected chi connectivity index (χ2v) is 7.45. The lowest BCUT2D eigenvalue weighted by Gasteiger charge is -2.36. The summed E-state index contributed by atoms with van der Waals surface area (Å²) < 4.78 is 0. The molecule has 1 N–H and O–H groups in total. The molecule has 2 aromatic rings. The molecule has 1 aromatic heterocycles. The number of amides is 1. The average molecular weight is 342 g/mol. The van der Waals surface area contributed by atoms with Gasteiger partial charge in [-0.25, -0.2) is 0 Å². The number of phenolic OH excluding ortho intramolecular Hbond substituents is 1. The number of carbonyl (C=O) groups is 1. The van der Waals surface area contributed by atoms with E-state index in [1.807, 2.05) is 17.0 Å². The minimum atomic E-state index is 0.216. The fourth-order valence-electron chi connectivity index (χ4n) is 3.67. The lowest BCUT2D eigenvalue weighted by Crippen LogP contribution is -2.48. The lowest BCUT2D eigenvalue weighted by atomic mass is 9.93. The Balaban J connectivity index is 1.43. The molecule has 1 aromatic carbocycles. The first-order valence-electron chi connectivity index (χ1n) is 8.65. The van der Waals surface area contributed by atoms with Gasteiger partial charge in [0.05, 0.1) is 4.88 Å². The molecule has 2 aliphatic rings. The van der Waals surface area contributed by atoms with Crippen LogP contribution in [0.3, 0.4) is 0 Å². The largest absolute Gasteiger partial charge is 0.508 e. The van der Waals surface area contributed by atoms with E-state index in [0.29, 0.717) is 0 Å². The number of thiophene rings is 1. The molecule has 5 heteroatoms. The molecule has 126 valence electrons. The highest BCUT2D eigenvalue weighted by Crippen LogP contribution is 2.31. The summed E-state index contributed by atoms with van der Waals surface area (Å²) in [6, 6.07) is 7.29. The molecule has 0 saturated carbocycles. The number of aromatic hydroxyl groups is 1. The number of anilines is 1. The van der Waals surface area contributed by atoms with Crippen LogP contribution in [0.5, 0.6) is 5.75 Å². The van der Waals surface area contributed by atoms with Gasteiger partial charge in [-0.1, -0.05) is 0 Å². The standard InChI is InChI=1S/C19H22N2O2S/c22-16-7-5-15(6-8-16)20-9-11-21(12-10-20)19(23)18-17-4-2-1-3-14(17)13-24-18/h5-8,13,22H,1-4,9-12H2. The highest BCUT2D eigenvalue weighted by Gasteiger charge is 2.27. The molecule has 1 aliphatic heterocycles. The fraction of sp³-hybridized carbons (Fsp3) is 0.421. The van der Waals surface area contributed by atoms with Crippen molar-refractivity contribution in [1.29, 1.82) is 0 Å². The summed E-state index contributed by atoms with van der Waals surface area (Å²) in [4.78, 5) is 18.1. The van der Waals surface area contributed by atoms with Gasteiger partial charge in [0.2, 0.25) is 0 Å². The Morgan fingerprint density at radius 1 is 1.00 bits per heavy atom. The van der Waals surface area contributed by atoms with E-state index in [4.69, 9.17) is 0 Å². The molecule has 0 spiro atoms. The molecule has 1 aliphatic carbocycles. The predicted octanol–water partition coefficient (Wildman–Crippen LogP) is 3.29. The molecule has 1 amide bonds. The summed E-state index contributed by atoms with van der Waals surface area (Å²) in [6.07, 6.45) is 4.66. The van der Waals surface area contributed by atoms with Gasteiger partial charge in [-0.3, -0.25) is 4.79 Å². The average Bonchev–Trinajstić information content (AvgIpc) is 3.06. The summed E-state index contributed by atoms with van der Waals surface area (Å²) in [5.74, 6) is 0.503. The zero-order valence-corrected chi connectivity index (χ0v) is 14.5. The van der Waals surface area contributed by atoms with E-state index < -0.39 is 0 Å². The summed E-state index contributed by atoms with van der Waals surface area (Å²) >= 11 is 1.63. The number of fused-ring (bicyclic) bond motifs is 1. The first-order valence-corrected chi connectivity index (χ1v) is 9.53. The second kappa shape index (κ2) is 6.48. The topological polar surface area (TPSA) is 43.8 Å². The van der Waals surface area contributed by atoms with Crippen molar-refractivity contribution in [1.82, 2.24) is 4.90 Å². The van der Waals surface area contributed by atoms with Crippen molar-refractivity contribution in [3.05, 3.63) is 45.6 Å². The van der Waals surface area contributed by atoms with Crippen molar-refractivity contribution in [2.75, 3.05) is 31.1 Å². The highest BCUT2D eigenvalue weighted by atomic mass is 32.1. The molecular formula is C19H22N2O2S. The van der Waals surface area contributed by atoms with Crippen LogP contribution in [0.15, 0.2) is 29.6 Å². The van der Waals surface area contributed by atoms with E-state index in [1.54, 1.807) is 23.5 Å². The van der Waals surface area contributed by atoms with E-state index >= 15 is 0 Å². The summed E-state index contributed by atoms with van der Waals surface area (Å²) in [5.41, 5.74) is 3.82. The Hall–Kier alpha value is -2.01. The van der Waals surface area contributed by atoms with Crippen LogP contribution in [-0.4, -0.2) is 42.1 Å². The maximum Gasteiger partial charge on any atom is 0.264 e. The Bertz CT molecular complexity index is 730. The van der Waals surface area contributed by atoms with E-state index in [-0.39, 0.29) is 11.7 Å². The summed E-state index contributed by atoms with van der Waals surface area (Å²) in [7, 11) is 0. The summed E-state index contributed by atoms with van der Waals surface area (Å²) in [6.45, 7) is 3.19. The molecular weight excluding hydrogens is 320 g/mol. The molecule has 0 atom stereocenters. The van der Waals surface area contributed by atoms with Crippen molar-refractivity contribution in [2.45, 2.75) is 25.7 Å². The number of piperazine rings is 1. The van der Waals surface area contributed by atoms with Crippen LogP contribution in [0, 0.1) is 0 Å². The second-order valence-electron chi connectivity index (χ2n) is 6.57. The molecule has 2 heterocycles. The molecule has 1 fully saturated rings. The van der Waals surface area contributed by atoms with Crippen LogP contribution in [-0.2, 0) is 12.8 Å². The third-order valence-corrected chi connectivity index (χ3v) is 6.14. The Morgan fingerprint density at radius 2 is 1.71 bits per heavy atom. The van der Waals surface area contributed by atoms with Gasteiger partial charge >= 0.3 is 0 Å². The molecule has 0 radical (unpaired) electrons. The van der Waals surface area contributed by atoms with E-state index in [1.165, 1.54) is 24.0 Å². The monoisotopic (exact) mass is 342 g/mol. The maximum absolute atomic E-state index is 12.9. The van der Waals surface area contributed by atoms with Gasteiger partial charge in [0.1, 0.15) is 5.75 Å². The number of nitrogens with zero attached hydrogens (tertiary/aromatic N) is 2. The van der Waals surface area contributed by atoms with E-state index in [2.05, 4.69) is 10.3 Å². The third-order valence-electron chi connectivity index (χ3n) is 5.08. The van der Waals surface area contributed by atoms with Crippen molar-refractivity contribution in [3.8, 4) is 5.75 Å². The SMILES string of the molecule is O=C(c1scc2c1CCCC2)N1CCN(c2ccc(O)cc2)CC1. The van der Waals surface area contributed by atoms with Crippen LogP contribution < -0.4 is 4.90 Å². The van der Waals surface area contributed by atoms with Crippen LogP contribution in [0.1, 0.15) is 33.6 Å². The maximum atomic E-state index is 12.9. The van der Waals surface area contributed by atoms with E-state index in [9.17, 15) is 9.90 Å². The van der Waals surface area contributed by atoms with Crippen molar-refractivity contribution < 1.29 is 9.90 Å². The number of hydrogen-bond acceptors (Lipinski definition) is 4. The quantitative estimate of drug-likeness (QED) is 0.911. The van der Waals surface area contributed by atoms with E-state index in [0.717, 1.165) is 49.6 Å². The zero-order chi connectivity index (χ0) is 16.5. The lowest BCUT2D eigenvalue weighted by molar-refractivity contribution is 0.0750.